The predicted molar refractivity (Wildman–Crippen MR) is 97.0 cm³/mol. The Hall–Kier alpha value is -2.70. The Morgan fingerprint density at radius 3 is 2.77 bits per heavy atom. The molecule has 6 heteroatoms. The van der Waals surface area contributed by atoms with Crippen molar-refractivity contribution in [2.75, 3.05) is 20.3 Å². The minimum absolute atomic E-state index is 0.0511. The molecule has 0 amide bonds. The lowest BCUT2D eigenvalue weighted by atomic mass is 10.1. The van der Waals surface area contributed by atoms with E-state index in [2.05, 4.69) is 10.1 Å². The highest BCUT2D eigenvalue weighted by Crippen LogP contribution is 2.30. The van der Waals surface area contributed by atoms with Crippen molar-refractivity contribution in [1.29, 1.82) is 0 Å². The molecule has 4 rings (SSSR count). The zero-order chi connectivity index (χ0) is 17.8. The molecular formula is C20H21N3O3. The lowest BCUT2D eigenvalue weighted by Crippen LogP contribution is -2.31. The van der Waals surface area contributed by atoms with Gasteiger partial charge in [-0.2, -0.15) is 5.10 Å². The van der Waals surface area contributed by atoms with E-state index in [1.165, 1.54) is 0 Å². The molecule has 2 aromatic heterocycles. The standard InChI is InChI=1S/C20H21N3O3/c1-24-19-13-25-14-20(19)26-18-8-3-2-7-16(18)17-9-11-23(22-17)12-15-6-4-5-10-21-15/h2-11,19-20H,12-14H2,1H3/t19?,20-/m1/s1. The van der Waals surface area contributed by atoms with Crippen molar-refractivity contribution >= 4 is 0 Å². The molecule has 3 heterocycles. The van der Waals surface area contributed by atoms with Gasteiger partial charge in [0.05, 0.1) is 31.1 Å². The van der Waals surface area contributed by atoms with Crippen LogP contribution in [0.5, 0.6) is 5.75 Å². The number of nitrogens with zero attached hydrogens (tertiary/aromatic N) is 3. The van der Waals surface area contributed by atoms with Gasteiger partial charge in [0.25, 0.3) is 0 Å². The fourth-order valence-electron chi connectivity index (χ4n) is 3.04. The zero-order valence-corrected chi connectivity index (χ0v) is 14.6. The predicted octanol–water partition coefficient (Wildman–Crippen LogP) is 2.79. The molecule has 0 radical (unpaired) electrons. The van der Waals surface area contributed by atoms with Crippen LogP contribution in [0.2, 0.25) is 0 Å². The second-order valence-corrected chi connectivity index (χ2v) is 6.18. The molecule has 0 spiro atoms. The van der Waals surface area contributed by atoms with Gasteiger partial charge in [-0.05, 0) is 30.3 Å². The van der Waals surface area contributed by atoms with Gasteiger partial charge in [-0.25, -0.2) is 0 Å². The summed E-state index contributed by atoms with van der Waals surface area (Å²) in [7, 11) is 1.68. The molecule has 1 aliphatic heterocycles. The summed E-state index contributed by atoms with van der Waals surface area (Å²) in [5, 5.41) is 4.68. The van der Waals surface area contributed by atoms with E-state index >= 15 is 0 Å². The Bertz CT molecular complexity index is 850. The largest absolute Gasteiger partial charge is 0.484 e. The van der Waals surface area contributed by atoms with Crippen LogP contribution in [-0.2, 0) is 16.0 Å². The minimum Gasteiger partial charge on any atom is -0.484 e. The maximum atomic E-state index is 6.18. The quantitative estimate of drug-likeness (QED) is 0.683. The molecule has 1 aromatic carbocycles. The van der Waals surface area contributed by atoms with Crippen molar-refractivity contribution in [3.8, 4) is 17.0 Å². The number of benzene rings is 1. The molecule has 0 aliphatic carbocycles. The molecule has 6 nitrogen and oxygen atoms in total. The number of hydrogen-bond donors (Lipinski definition) is 0. The molecule has 3 aromatic rings. The fourth-order valence-corrected chi connectivity index (χ4v) is 3.04. The number of hydrogen-bond acceptors (Lipinski definition) is 5. The first-order chi connectivity index (χ1) is 12.8. The number of aromatic nitrogens is 3. The van der Waals surface area contributed by atoms with E-state index < -0.39 is 0 Å². The maximum absolute atomic E-state index is 6.18. The third kappa shape index (κ3) is 3.61. The van der Waals surface area contributed by atoms with Gasteiger partial charge >= 0.3 is 0 Å². The first-order valence-corrected chi connectivity index (χ1v) is 8.63. The minimum atomic E-state index is -0.114. The third-order valence-corrected chi connectivity index (χ3v) is 4.41. The van der Waals surface area contributed by atoms with Crippen LogP contribution < -0.4 is 4.74 Å². The summed E-state index contributed by atoms with van der Waals surface area (Å²) in [5.74, 6) is 0.785. The molecule has 2 atom stereocenters. The van der Waals surface area contributed by atoms with Crippen molar-refractivity contribution in [3.63, 3.8) is 0 Å². The molecule has 0 N–H and O–H groups in total. The Labute approximate surface area is 152 Å². The molecule has 0 bridgehead atoms. The van der Waals surface area contributed by atoms with Crippen molar-refractivity contribution in [1.82, 2.24) is 14.8 Å². The van der Waals surface area contributed by atoms with Crippen LogP contribution in [0, 0.1) is 0 Å². The molecule has 26 heavy (non-hydrogen) atoms. The summed E-state index contributed by atoms with van der Waals surface area (Å²) in [6.07, 6.45) is 3.58. The lowest BCUT2D eigenvalue weighted by Gasteiger charge is -2.19. The average molecular weight is 351 g/mol. The van der Waals surface area contributed by atoms with Crippen molar-refractivity contribution in [3.05, 3.63) is 66.6 Å². The van der Waals surface area contributed by atoms with E-state index in [0.717, 1.165) is 22.7 Å². The van der Waals surface area contributed by atoms with Crippen molar-refractivity contribution in [2.45, 2.75) is 18.8 Å². The van der Waals surface area contributed by atoms with Gasteiger partial charge in [-0.3, -0.25) is 9.67 Å². The van der Waals surface area contributed by atoms with Gasteiger partial charge in [-0.15, -0.1) is 0 Å². The van der Waals surface area contributed by atoms with Crippen LogP contribution in [0.4, 0.5) is 0 Å². The summed E-state index contributed by atoms with van der Waals surface area (Å²) < 4.78 is 19.0. The smallest absolute Gasteiger partial charge is 0.150 e. The molecular weight excluding hydrogens is 330 g/mol. The summed E-state index contributed by atoms with van der Waals surface area (Å²) in [5.41, 5.74) is 2.79. The van der Waals surface area contributed by atoms with E-state index in [1.807, 2.05) is 59.4 Å². The molecule has 1 saturated heterocycles. The first-order valence-electron chi connectivity index (χ1n) is 8.63. The summed E-state index contributed by atoms with van der Waals surface area (Å²) in [4.78, 5) is 4.35. The third-order valence-electron chi connectivity index (χ3n) is 4.41. The topological polar surface area (TPSA) is 58.4 Å². The molecule has 134 valence electrons. The highest BCUT2D eigenvalue weighted by Gasteiger charge is 2.30. The van der Waals surface area contributed by atoms with E-state index in [4.69, 9.17) is 14.2 Å². The van der Waals surface area contributed by atoms with E-state index in [9.17, 15) is 0 Å². The summed E-state index contributed by atoms with van der Waals surface area (Å²) in [6, 6.07) is 15.8. The van der Waals surface area contributed by atoms with Crippen LogP contribution in [0.15, 0.2) is 60.9 Å². The van der Waals surface area contributed by atoms with Gasteiger partial charge in [0, 0.05) is 25.1 Å². The number of rotatable bonds is 6. The fraction of sp³-hybridized carbons (Fsp3) is 0.300. The second kappa shape index (κ2) is 7.68. The SMILES string of the molecule is COC1COC[C@H]1Oc1ccccc1-c1ccn(Cc2ccccn2)n1. The van der Waals surface area contributed by atoms with Crippen molar-refractivity contribution in [2.24, 2.45) is 0 Å². The van der Waals surface area contributed by atoms with Crippen LogP contribution in [0.3, 0.4) is 0 Å². The maximum Gasteiger partial charge on any atom is 0.150 e. The Kier molecular flexibility index (Phi) is 4.95. The lowest BCUT2D eigenvalue weighted by molar-refractivity contribution is 0.0328. The van der Waals surface area contributed by atoms with Crippen LogP contribution in [0.1, 0.15) is 5.69 Å². The molecule has 1 fully saturated rings. The molecule has 0 saturated carbocycles. The van der Waals surface area contributed by atoms with E-state index in [0.29, 0.717) is 19.8 Å². The van der Waals surface area contributed by atoms with Gasteiger partial charge in [0.1, 0.15) is 11.9 Å². The molecule has 1 unspecified atom stereocenters. The zero-order valence-electron chi connectivity index (χ0n) is 14.6. The van der Waals surface area contributed by atoms with Crippen LogP contribution in [-0.4, -0.2) is 47.3 Å². The highest BCUT2D eigenvalue weighted by molar-refractivity contribution is 5.66. The van der Waals surface area contributed by atoms with E-state index in [1.54, 1.807) is 13.3 Å². The van der Waals surface area contributed by atoms with Gasteiger partial charge in [0.2, 0.25) is 0 Å². The average Bonchev–Trinajstić information content (AvgIpc) is 3.32. The first kappa shape index (κ1) is 16.8. The Morgan fingerprint density at radius 1 is 1.08 bits per heavy atom. The Balaban J connectivity index is 1.55. The summed E-state index contributed by atoms with van der Waals surface area (Å²) in [6.45, 7) is 1.72. The molecule has 1 aliphatic rings. The van der Waals surface area contributed by atoms with Crippen LogP contribution >= 0.6 is 0 Å². The van der Waals surface area contributed by atoms with Gasteiger partial charge in [-0.1, -0.05) is 18.2 Å². The van der Waals surface area contributed by atoms with Crippen molar-refractivity contribution < 1.29 is 14.2 Å². The van der Waals surface area contributed by atoms with Crippen LogP contribution in [0.25, 0.3) is 11.3 Å². The summed E-state index contributed by atoms with van der Waals surface area (Å²) >= 11 is 0. The number of para-hydroxylation sites is 1. The second-order valence-electron chi connectivity index (χ2n) is 6.18. The Morgan fingerprint density at radius 2 is 1.92 bits per heavy atom. The number of methoxy groups -OCH3 is 1. The van der Waals surface area contributed by atoms with Gasteiger partial charge in [0.15, 0.2) is 6.10 Å². The van der Waals surface area contributed by atoms with Gasteiger partial charge < -0.3 is 14.2 Å². The normalized spacial score (nSPS) is 19.6. The monoisotopic (exact) mass is 351 g/mol. The van der Waals surface area contributed by atoms with E-state index in [-0.39, 0.29) is 12.2 Å². The number of ether oxygens (including phenoxy) is 3. The highest BCUT2D eigenvalue weighted by atomic mass is 16.6. The number of pyridine rings is 1.